The molecule has 0 bridgehead atoms. The smallest absolute Gasteiger partial charge is 0.133 e. The van der Waals surface area contributed by atoms with E-state index in [0.717, 1.165) is 13.1 Å². The Hall–Kier alpha value is -0.230. The second kappa shape index (κ2) is 6.04. The number of nitrogens with zero attached hydrogens (tertiary/aromatic N) is 1. The molecule has 5 heteroatoms. The highest BCUT2D eigenvalue weighted by molar-refractivity contribution is 9.11. The number of fused-ring (bicyclic) bond motifs is 1. The standard InChI is InChI=1S/C14H17BrN2S2/c1-2-16-8-9-4-3-5-10-13(9)17-14(19-10)11-6-7-12(15)18-11/h6-7,9,16H,2-5,8H2,1H3. The Kier molecular flexibility index (Phi) is 4.37. The minimum absolute atomic E-state index is 0.608. The summed E-state index contributed by atoms with van der Waals surface area (Å²) >= 11 is 7.19. The lowest BCUT2D eigenvalue weighted by atomic mass is 9.91. The van der Waals surface area contributed by atoms with Gasteiger partial charge in [0.05, 0.1) is 14.4 Å². The molecule has 0 fully saturated rings. The molecule has 1 aliphatic rings. The van der Waals surface area contributed by atoms with Gasteiger partial charge in [0.1, 0.15) is 5.01 Å². The van der Waals surface area contributed by atoms with E-state index in [0.29, 0.717) is 5.92 Å². The van der Waals surface area contributed by atoms with Crippen LogP contribution in [0, 0.1) is 0 Å². The zero-order valence-corrected chi connectivity index (χ0v) is 14.1. The average molecular weight is 357 g/mol. The van der Waals surface area contributed by atoms with E-state index >= 15 is 0 Å². The van der Waals surface area contributed by atoms with Crippen LogP contribution in [-0.4, -0.2) is 18.1 Å². The van der Waals surface area contributed by atoms with Crippen LogP contribution in [0.4, 0.5) is 0 Å². The van der Waals surface area contributed by atoms with Gasteiger partial charge < -0.3 is 5.32 Å². The molecule has 1 N–H and O–H groups in total. The summed E-state index contributed by atoms with van der Waals surface area (Å²) in [6, 6.07) is 4.27. The number of aromatic nitrogens is 1. The summed E-state index contributed by atoms with van der Waals surface area (Å²) < 4.78 is 1.18. The van der Waals surface area contributed by atoms with Crippen molar-refractivity contribution < 1.29 is 0 Å². The Labute approximate surface area is 130 Å². The molecular formula is C14H17BrN2S2. The molecule has 0 saturated heterocycles. The van der Waals surface area contributed by atoms with Crippen molar-refractivity contribution in [1.29, 1.82) is 0 Å². The van der Waals surface area contributed by atoms with Gasteiger partial charge in [0.15, 0.2) is 0 Å². The molecule has 1 aliphatic carbocycles. The normalized spacial score (nSPS) is 18.5. The van der Waals surface area contributed by atoms with E-state index < -0.39 is 0 Å². The second-order valence-corrected chi connectivity index (χ2v) is 8.37. The van der Waals surface area contributed by atoms with Gasteiger partial charge in [-0.25, -0.2) is 4.98 Å². The summed E-state index contributed by atoms with van der Waals surface area (Å²) in [7, 11) is 0. The van der Waals surface area contributed by atoms with Crippen molar-refractivity contribution in [3.8, 4) is 9.88 Å². The highest BCUT2D eigenvalue weighted by Gasteiger charge is 2.25. The highest BCUT2D eigenvalue weighted by atomic mass is 79.9. The number of halogens is 1. The van der Waals surface area contributed by atoms with Crippen LogP contribution >= 0.6 is 38.6 Å². The van der Waals surface area contributed by atoms with Crippen LogP contribution in [0.2, 0.25) is 0 Å². The van der Waals surface area contributed by atoms with Gasteiger partial charge in [0.25, 0.3) is 0 Å². The van der Waals surface area contributed by atoms with E-state index in [1.165, 1.54) is 43.5 Å². The van der Waals surface area contributed by atoms with E-state index in [4.69, 9.17) is 4.98 Å². The van der Waals surface area contributed by atoms with Crippen molar-refractivity contribution in [2.45, 2.75) is 32.1 Å². The molecule has 0 aliphatic heterocycles. The Morgan fingerprint density at radius 3 is 3.05 bits per heavy atom. The fraction of sp³-hybridized carbons (Fsp3) is 0.500. The maximum atomic E-state index is 4.94. The number of rotatable bonds is 4. The Balaban J connectivity index is 1.88. The fourth-order valence-corrected chi connectivity index (χ4v) is 5.19. The maximum Gasteiger partial charge on any atom is 0.133 e. The van der Waals surface area contributed by atoms with Crippen molar-refractivity contribution in [3.05, 3.63) is 26.5 Å². The van der Waals surface area contributed by atoms with Gasteiger partial charge in [0, 0.05) is 17.3 Å². The van der Waals surface area contributed by atoms with Gasteiger partial charge in [0.2, 0.25) is 0 Å². The molecule has 0 radical (unpaired) electrons. The minimum Gasteiger partial charge on any atom is -0.316 e. The van der Waals surface area contributed by atoms with Crippen LogP contribution in [0.1, 0.15) is 36.3 Å². The lowest BCUT2D eigenvalue weighted by Gasteiger charge is -2.21. The number of likely N-dealkylation sites (N-methyl/N-ethyl adjacent to an activating group) is 1. The van der Waals surface area contributed by atoms with Gasteiger partial charge in [-0.3, -0.25) is 0 Å². The third-order valence-electron chi connectivity index (χ3n) is 3.50. The van der Waals surface area contributed by atoms with Gasteiger partial charge in [-0.05, 0) is 53.9 Å². The van der Waals surface area contributed by atoms with Crippen LogP contribution in [0.15, 0.2) is 15.9 Å². The first-order chi connectivity index (χ1) is 9.28. The maximum absolute atomic E-state index is 4.94. The Morgan fingerprint density at radius 2 is 2.32 bits per heavy atom. The molecule has 2 aromatic heterocycles. The van der Waals surface area contributed by atoms with E-state index in [1.807, 2.05) is 11.3 Å². The fourth-order valence-electron chi connectivity index (χ4n) is 2.56. The monoisotopic (exact) mass is 356 g/mol. The zero-order valence-electron chi connectivity index (χ0n) is 10.9. The molecule has 2 heterocycles. The third kappa shape index (κ3) is 2.94. The Bertz CT molecular complexity index is 562. The topological polar surface area (TPSA) is 24.9 Å². The van der Waals surface area contributed by atoms with E-state index in [2.05, 4.69) is 40.3 Å². The molecule has 0 saturated carbocycles. The molecular weight excluding hydrogens is 340 g/mol. The van der Waals surface area contributed by atoms with Crippen LogP contribution in [-0.2, 0) is 6.42 Å². The van der Waals surface area contributed by atoms with Crippen molar-refractivity contribution in [3.63, 3.8) is 0 Å². The Morgan fingerprint density at radius 1 is 1.42 bits per heavy atom. The van der Waals surface area contributed by atoms with Crippen molar-refractivity contribution in [2.24, 2.45) is 0 Å². The highest BCUT2D eigenvalue weighted by Crippen LogP contribution is 2.40. The van der Waals surface area contributed by atoms with Gasteiger partial charge in [-0.15, -0.1) is 22.7 Å². The van der Waals surface area contributed by atoms with Crippen LogP contribution in [0.5, 0.6) is 0 Å². The van der Waals surface area contributed by atoms with E-state index in [1.54, 1.807) is 11.3 Å². The predicted molar refractivity (Wildman–Crippen MR) is 87.3 cm³/mol. The number of aryl methyl sites for hydroxylation is 1. The summed E-state index contributed by atoms with van der Waals surface area (Å²) in [6.45, 7) is 4.28. The van der Waals surface area contributed by atoms with Crippen molar-refractivity contribution in [1.82, 2.24) is 10.3 Å². The number of thiophene rings is 1. The lowest BCUT2D eigenvalue weighted by molar-refractivity contribution is 0.509. The lowest BCUT2D eigenvalue weighted by Crippen LogP contribution is -2.23. The number of thiazole rings is 1. The molecule has 2 aromatic rings. The number of nitrogens with one attached hydrogen (secondary N) is 1. The van der Waals surface area contributed by atoms with Crippen LogP contribution in [0.3, 0.4) is 0 Å². The summed E-state index contributed by atoms with van der Waals surface area (Å²) in [5, 5.41) is 4.67. The molecule has 3 rings (SSSR count). The molecule has 102 valence electrons. The molecule has 1 unspecified atom stereocenters. The number of hydrogen-bond acceptors (Lipinski definition) is 4. The summed E-state index contributed by atoms with van der Waals surface area (Å²) in [5.41, 5.74) is 1.36. The molecule has 0 spiro atoms. The van der Waals surface area contributed by atoms with Gasteiger partial charge in [-0.1, -0.05) is 6.92 Å². The first-order valence-corrected chi connectivity index (χ1v) is 9.16. The molecule has 19 heavy (non-hydrogen) atoms. The van der Waals surface area contributed by atoms with Crippen LogP contribution < -0.4 is 5.32 Å². The van der Waals surface area contributed by atoms with Crippen LogP contribution in [0.25, 0.3) is 9.88 Å². The summed E-state index contributed by atoms with van der Waals surface area (Å²) in [4.78, 5) is 7.73. The predicted octanol–water partition coefficient (Wildman–Crippen LogP) is 4.66. The summed E-state index contributed by atoms with van der Waals surface area (Å²) in [5.74, 6) is 0.608. The molecule has 0 aromatic carbocycles. The molecule has 0 amide bonds. The van der Waals surface area contributed by atoms with Gasteiger partial charge in [-0.2, -0.15) is 0 Å². The first kappa shape index (κ1) is 13.7. The summed E-state index contributed by atoms with van der Waals surface area (Å²) in [6.07, 6.45) is 3.79. The zero-order chi connectivity index (χ0) is 13.2. The first-order valence-electron chi connectivity index (χ1n) is 6.74. The van der Waals surface area contributed by atoms with Crippen molar-refractivity contribution in [2.75, 3.05) is 13.1 Å². The number of hydrogen-bond donors (Lipinski definition) is 1. The average Bonchev–Trinajstić information content (AvgIpc) is 3.02. The third-order valence-corrected chi connectivity index (χ3v) is 6.42. The molecule has 2 nitrogen and oxygen atoms in total. The SMILES string of the molecule is CCNCC1CCCc2sc(-c3ccc(Br)s3)nc21. The quantitative estimate of drug-likeness (QED) is 0.861. The van der Waals surface area contributed by atoms with E-state index in [-0.39, 0.29) is 0 Å². The molecule has 1 atom stereocenters. The van der Waals surface area contributed by atoms with E-state index in [9.17, 15) is 0 Å². The second-order valence-electron chi connectivity index (χ2n) is 4.83. The van der Waals surface area contributed by atoms with Crippen molar-refractivity contribution >= 4 is 38.6 Å². The largest absolute Gasteiger partial charge is 0.316 e. The van der Waals surface area contributed by atoms with Gasteiger partial charge >= 0.3 is 0 Å². The minimum atomic E-state index is 0.608.